The highest BCUT2D eigenvalue weighted by Crippen LogP contribution is 2.43. The van der Waals surface area contributed by atoms with E-state index in [-0.39, 0.29) is 11.6 Å². The molecule has 0 radical (unpaired) electrons. The van der Waals surface area contributed by atoms with Crippen molar-refractivity contribution >= 4 is 0 Å². The third-order valence-electron chi connectivity index (χ3n) is 5.29. The molecule has 2 atom stereocenters. The molecule has 3 nitrogen and oxygen atoms in total. The Morgan fingerprint density at radius 3 is 2.52 bits per heavy atom. The molecule has 2 heterocycles. The molecule has 3 rings (SSSR count). The van der Waals surface area contributed by atoms with Crippen molar-refractivity contribution in [2.75, 3.05) is 6.61 Å². The van der Waals surface area contributed by atoms with Gasteiger partial charge in [-0.3, -0.25) is 4.98 Å². The number of pyridine rings is 1. The highest BCUT2D eigenvalue weighted by Gasteiger charge is 2.40. The summed E-state index contributed by atoms with van der Waals surface area (Å²) in [4.78, 5) is 4.46. The molecule has 1 saturated carbocycles. The van der Waals surface area contributed by atoms with Gasteiger partial charge in [0.1, 0.15) is 0 Å². The van der Waals surface area contributed by atoms with E-state index in [0.29, 0.717) is 5.92 Å². The van der Waals surface area contributed by atoms with Crippen LogP contribution in [0.1, 0.15) is 67.9 Å². The van der Waals surface area contributed by atoms with Gasteiger partial charge in [0.15, 0.2) is 0 Å². The van der Waals surface area contributed by atoms with Gasteiger partial charge < -0.3 is 10.5 Å². The highest BCUT2D eigenvalue weighted by molar-refractivity contribution is 5.24. The Hall–Kier alpha value is -0.930. The molecule has 0 bridgehead atoms. The van der Waals surface area contributed by atoms with E-state index in [0.717, 1.165) is 30.8 Å². The third-order valence-corrected chi connectivity index (χ3v) is 5.29. The van der Waals surface area contributed by atoms with Gasteiger partial charge in [-0.05, 0) is 63.1 Å². The fourth-order valence-electron chi connectivity index (χ4n) is 4.25. The largest absolute Gasteiger partial charge is 0.375 e. The molecule has 1 aromatic heterocycles. The van der Waals surface area contributed by atoms with Crippen molar-refractivity contribution in [1.29, 1.82) is 0 Å². The second-order valence-electron chi connectivity index (χ2n) is 7.05. The van der Waals surface area contributed by atoms with Crippen molar-refractivity contribution in [3.63, 3.8) is 0 Å². The number of aromatic nitrogens is 1. The molecule has 1 aliphatic heterocycles. The van der Waals surface area contributed by atoms with Crippen molar-refractivity contribution in [3.05, 3.63) is 29.1 Å². The highest BCUT2D eigenvalue weighted by atomic mass is 16.5. The first kappa shape index (κ1) is 15.0. The maximum atomic E-state index is 6.61. The van der Waals surface area contributed by atoms with Crippen molar-refractivity contribution in [1.82, 2.24) is 4.98 Å². The van der Waals surface area contributed by atoms with Crippen molar-refractivity contribution < 1.29 is 4.74 Å². The summed E-state index contributed by atoms with van der Waals surface area (Å²) in [6.07, 6.45) is 8.67. The van der Waals surface area contributed by atoms with Crippen LogP contribution in [-0.4, -0.2) is 17.2 Å². The molecule has 116 valence electrons. The Labute approximate surface area is 128 Å². The van der Waals surface area contributed by atoms with Crippen LogP contribution in [-0.2, 0) is 4.74 Å². The maximum absolute atomic E-state index is 6.61. The zero-order chi connectivity index (χ0) is 14.9. The third kappa shape index (κ3) is 3.29. The minimum absolute atomic E-state index is 0.119. The fraction of sp³-hybridized carbons (Fsp3) is 0.722. The zero-order valence-electron chi connectivity index (χ0n) is 13.4. The van der Waals surface area contributed by atoms with Gasteiger partial charge in [-0.1, -0.05) is 19.3 Å². The van der Waals surface area contributed by atoms with E-state index in [1.54, 1.807) is 0 Å². The summed E-state index contributed by atoms with van der Waals surface area (Å²) in [6, 6.07) is 4.43. The molecular formula is C18H28N2O. The molecule has 0 aromatic carbocycles. The summed E-state index contributed by atoms with van der Waals surface area (Å²) < 4.78 is 6.20. The lowest BCUT2D eigenvalue weighted by Gasteiger charge is -2.45. The standard InChI is InChI=1S/C18H28N2O/c1-13-10-16(11-14(2)20-13)17(19)15-6-9-21-18(12-15)7-4-3-5-8-18/h10-11,15,17H,3-9,12,19H2,1-2H3. The van der Waals surface area contributed by atoms with Crippen LogP contribution in [0.15, 0.2) is 12.1 Å². The molecule has 2 N–H and O–H groups in total. The van der Waals surface area contributed by atoms with Gasteiger partial charge in [0.05, 0.1) is 5.60 Å². The molecule has 2 unspecified atom stereocenters. The summed E-state index contributed by atoms with van der Waals surface area (Å²) in [5.41, 5.74) is 10.1. The first-order valence-electron chi connectivity index (χ1n) is 8.43. The van der Waals surface area contributed by atoms with E-state index in [1.165, 1.54) is 37.7 Å². The van der Waals surface area contributed by atoms with E-state index < -0.39 is 0 Å². The number of hydrogen-bond donors (Lipinski definition) is 1. The number of nitrogens with two attached hydrogens (primary N) is 1. The topological polar surface area (TPSA) is 48.1 Å². The number of nitrogens with zero attached hydrogens (tertiary/aromatic N) is 1. The number of ether oxygens (including phenoxy) is 1. The van der Waals surface area contributed by atoms with Crippen LogP contribution >= 0.6 is 0 Å². The Kier molecular flexibility index (Phi) is 4.32. The molecule has 1 aromatic rings. The fourth-order valence-corrected chi connectivity index (χ4v) is 4.25. The normalized spacial score (nSPS) is 26.7. The number of aryl methyl sites for hydroxylation is 2. The number of hydrogen-bond acceptors (Lipinski definition) is 3. The Morgan fingerprint density at radius 2 is 1.86 bits per heavy atom. The molecule has 0 amide bonds. The predicted octanol–water partition coefficient (Wildman–Crippen LogP) is 3.83. The van der Waals surface area contributed by atoms with Crippen LogP contribution in [0.3, 0.4) is 0 Å². The predicted molar refractivity (Wildman–Crippen MR) is 85.1 cm³/mol. The summed E-state index contributed by atoms with van der Waals surface area (Å²) in [7, 11) is 0. The summed E-state index contributed by atoms with van der Waals surface area (Å²) >= 11 is 0. The second-order valence-corrected chi connectivity index (χ2v) is 7.05. The Morgan fingerprint density at radius 1 is 1.19 bits per heavy atom. The van der Waals surface area contributed by atoms with Gasteiger partial charge in [0.2, 0.25) is 0 Å². The van der Waals surface area contributed by atoms with Crippen LogP contribution in [0.2, 0.25) is 0 Å². The molecule has 1 spiro atoms. The molecule has 21 heavy (non-hydrogen) atoms. The van der Waals surface area contributed by atoms with Gasteiger partial charge in [0, 0.05) is 24.0 Å². The smallest absolute Gasteiger partial charge is 0.0685 e. The molecular weight excluding hydrogens is 260 g/mol. The molecule has 1 aliphatic carbocycles. The van der Waals surface area contributed by atoms with Gasteiger partial charge in [-0.15, -0.1) is 0 Å². The van der Waals surface area contributed by atoms with Crippen LogP contribution in [0, 0.1) is 19.8 Å². The average molecular weight is 288 g/mol. The Balaban J connectivity index is 1.76. The first-order valence-corrected chi connectivity index (χ1v) is 8.43. The molecule has 2 aliphatic rings. The first-order chi connectivity index (χ1) is 10.1. The number of rotatable bonds is 2. The minimum Gasteiger partial charge on any atom is -0.375 e. The van der Waals surface area contributed by atoms with Crippen molar-refractivity contribution in [2.45, 2.75) is 70.4 Å². The lowest BCUT2D eigenvalue weighted by Crippen LogP contribution is -2.44. The lowest BCUT2D eigenvalue weighted by atomic mass is 9.73. The molecule has 3 heteroatoms. The minimum atomic E-state index is 0.119. The van der Waals surface area contributed by atoms with Crippen LogP contribution < -0.4 is 5.73 Å². The molecule has 1 saturated heterocycles. The van der Waals surface area contributed by atoms with Crippen molar-refractivity contribution in [2.24, 2.45) is 11.7 Å². The molecule has 2 fully saturated rings. The van der Waals surface area contributed by atoms with E-state index >= 15 is 0 Å². The van der Waals surface area contributed by atoms with E-state index in [2.05, 4.69) is 31.0 Å². The van der Waals surface area contributed by atoms with E-state index in [9.17, 15) is 0 Å². The van der Waals surface area contributed by atoms with Crippen LogP contribution in [0.25, 0.3) is 0 Å². The van der Waals surface area contributed by atoms with Crippen LogP contribution in [0.5, 0.6) is 0 Å². The maximum Gasteiger partial charge on any atom is 0.0685 e. The summed E-state index contributed by atoms with van der Waals surface area (Å²) in [6.45, 7) is 4.98. The van der Waals surface area contributed by atoms with E-state index in [4.69, 9.17) is 10.5 Å². The van der Waals surface area contributed by atoms with Gasteiger partial charge >= 0.3 is 0 Å². The van der Waals surface area contributed by atoms with Crippen LogP contribution in [0.4, 0.5) is 0 Å². The monoisotopic (exact) mass is 288 g/mol. The summed E-state index contributed by atoms with van der Waals surface area (Å²) in [5.74, 6) is 0.540. The van der Waals surface area contributed by atoms with Gasteiger partial charge in [-0.25, -0.2) is 0 Å². The average Bonchev–Trinajstić information content (AvgIpc) is 2.46. The van der Waals surface area contributed by atoms with Gasteiger partial charge in [0.25, 0.3) is 0 Å². The summed E-state index contributed by atoms with van der Waals surface area (Å²) in [5, 5.41) is 0. The second kappa shape index (κ2) is 6.05. The SMILES string of the molecule is Cc1cc(C(N)C2CCOC3(CCCCC3)C2)cc(C)n1. The van der Waals surface area contributed by atoms with E-state index in [1.807, 2.05) is 0 Å². The van der Waals surface area contributed by atoms with Gasteiger partial charge in [-0.2, -0.15) is 0 Å². The quantitative estimate of drug-likeness (QED) is 0.899. The van der Waals surface area contributed by atoms with Crippen molar-refractivity contribution in [3.8, 4) is 0 Å². The lowest BCUT2D eigenvalue weighted by molar-refractivity contribution is -0.120. The zero-order valence-corrected chi connectivity index (χ0v) is 13.4. The Bertz CT molecular complexity index is 468.